The SMILES string of the molecule is Cn1nc(C(=O)O)c2c1CCN(C1CCSC1)C2. The highest BCUT2D eigenvalue weighted by Crippen LogP contribution is 2.28. The van der Waals surface area contributed by atoms with Crippen LogP contribution in [0.2, 0.25) is 0 Å². The summed E-state index contributed by atoms with van der Waals surface area (Å²) in [7, 11) is 1.84. The molecule has 1 fully saturated rings. The molecule has 98 valence electrons. The van der Waals surface area contributed by atoms with Crippen LogP contribution in [0.4, 0.5) is 0 Å². The monoisotopic (exact) mass is 267 g/mol. The molecule has 1 atom stereocenters. The summed E-state index contributed by atoms with van der Waals surface area (Å²) >= 11 is 1.99. The minimum Gasteiger partial charge on any atom is -0.476 e. The molecule has 3 heterocycles. The van der Waals surface area contributed by atoms with Gasteiger partial charge >= 0.3 is 5.97 Å². The summed E-state index contributed by atoms with van der Waals surface area (Å²) in [5, 5.41) is 13.3. The molecule has 0 spiro atoms. The van der Waals surface area contributed by atoms with E-state index in [0.717, 1.165) is 30.8 Å². The number of hydrogen-bond donors (Lipinski definition) is 1. The molecule has 2 aliphatic heterocycles. The van der Waals surface area contributed by atoms with E-state index in [2.05, 4.69) is 10.00 Å². The van der Waals surface area contributed by atoms with Crippen molar-refractivity contribution >= 4 is 17.7 Å². The van der Waals surface area contributed by atoms with Gasteiger partial charge < -0.3 is 5.11 Å². The molecule has 1 aromatic heterocycles. The minimum atomic E-state index is -0.908. The Morgan fingerprint density at radius 3 is 3.06 bits per heavy atom. The number of carboxylic acid groups (broad SMARTS) is 1. The maximum atomic E-state index is 11.2. The molecule has 6 heteroatoms. The summed E-state index contributed by atoms with van der Waals surface area (Å²) in [5.41, 5.74) is 2.25. The number of hydrogen-bond acceptors (Lipinski definition) is 4. The number of fused-ring (bicyclic) bond motifs is 1. The standard InChI is InChI=1S/C12H17N3O2S/c1-14-10-2-4-15(8-3-5-18-7-8)6-9(10)11(13-14)12(16)17/h8H,2-7H2,1H3,(H,16,17). The lowest BCUT2D eigenvalue weighted by Gasteiger charge is -2.32. The average Bonchev–Trinajstić information content (AvgIpc) is 2.97. The van der Waals surface area contributed by atoms with Crippen LogP contribution >= 0.6 is 11.8 Å². The number of aryl methyl sites for hydroxylation is 1. The highest BCUT2D eigenvalue weighted by molar-refractivity contribution is 7.99. The van der Waals surface area contributed by atoms with Crippen molar-refractivity contribution in [3.63, 3.8) is 0 Å². The van der Waals surface area contributed by atoms with E-state index in [1.54, 1.807) is 4.68 Å². The molecule has 1 aromatic rings. The number of nitrogens with zero attached hydrogens (tertiary/aromatic N) is 3. The number of carbonyl (C=O) groups is 1. The molecule has 5 nitrogen and oxygen atoms in total. The predicted octanol–water partition coefficient (Wildman–Crippen LogP) is 0.982. The molecule has 2 aliphatic rings. The van der Waals surface area contributed by atoms with E-state index < -0.39 is 5.97 Å². The third-order valence-electron chi connectivity index (χ3n) is 3.90. The lowest BCUT2D eigenvalue weighted by atomic mass is 10.0. The Morgan fingerprint density at radius 2 is 2.39 bits per heavy atom. The average molecular weight is 267 g/mol. The normalized spacial score (nSPS) is 24.2. The van der Waals surface area contributed by atoms with E-state index in [0.29, 0.717) is 6.04 Å². The molecular weight excluding hydrogens is 250 g/mol. The first-order valence-electron chi connectivity index (χ1n) is 6.26. The lowest BCUT2D eigenvalue weighted by molar-refractivity contribution is 0.0686. The second kappa shape index (κ2) is 4.59. The van der Waals surface area contributed by atoms with Gasteiger partial charge in [0.05, 0.1) is 0 Å². The van der Waals surface area contributed by atoms with Crippen LogP contribution in [0.15, 0.2) is 0 Å². The van der Waals surface area contributed by atoms with E-state index in [1.165, 1.54) is 17.9 Å². The van der Waals surface area contributed by atoms with Crippen molar-refractivity contribution in [2.75, 3.05) is 18.1 Å². The summed E-state index contributed by atoms with van der Waals surface area (Å²) in [6.07, 6.45) is 2.13. The van der Waals surface area contributed by atoms with Gasteiger partial charge in [-0.15, -0.1) is 0 Å². The van der Waals surface area contributed by atoms with Gasteiger partial charge in [-0.05, 0) is 12.2 Å². The zero-order chi connectivity index (χ0) is 12.7. The Bertz CT molecular complexity index is 480. The Labute approximate surface area is 110 Å². The number of aromatic nitrogens is 2. The van der Waals surface area contributed by atoms with Gasteiger partial charge in [0, 0.05) is 49.6 Å². The first-order valence-corrected chi connectivity index (χ1v) is 7.42. The van der Waals surface area contributed by atoms with Crippen molar-refractivity contribution < 1.29 is 9.90 Å². The summed E-state index contributed by atoms with van der Waals surface area (Å²) in [5.74, 6) is 1.50. The molecular formula is C12H17N3O2S. The minimum absolute atomic E-state index is 0.239. The molecule has 0 aliphatic carbocycles. The van der Waals surface area contributed by atoms with Crippen molar-refractivity contribution in [3.05, 3.63) is 17.0 Å². The first-order chi connectivity index (χ1) is 8.66. The second-order valence-corrected chi connectivity index (χ2v) is 6.09. The Kier molecular flexibility index (Phi) is 3.07. The highest BCUT2D eigenvalue weighted by Gasteiger charge is 2.31. The molecule has 3 rings (SSSR count). The fraction of sp³-hybridized carbons (Fsp3) is 0.667. The largest absolute Gasteiger partial charge is 0.476 e. The molecule has 1 unspecified atom stereocenters. The molecule has 0 radical (unpaired) electrons. The molecule has 18 heavy (non-hydrogen) atoms. The predicted molar refractivity (Wildman–Crippen MR) is 70.0 cm³/mol. The Morgan fingerprint density at radius 1 is 1.56 bits per heavy atom. The number of rotatable bonds is 2. The molecule has 0 bridgehead atoms. The van der Waals surface area contributed by atoms with Crippen LogP contribution in [0.5, 0.6) is 0 Å². The summed E-state index contributed by atoms with van der Waals surface area (Å²) in [6.45, 7) is 1.77. The molecule has 1 saturated heterocycles. The number of carboxylic acids is 1. The van der Waals surface area contributed by atoms with E-state index in [-0.39, 0.29) is 5.69 Å². The van der Waals surface area contributed by atoms with Crippen molar-refractivity contribution in [3.8, 4) is 0 Å². The Hall–Kier alpha value is -1.01. The van der Waals surface area contributed by atoms with E-state index in [1.807, 2.05) is 18.8 Å². The van der Waals surface area contributed by atoms with Crippen LogP contribution in [0, 0.1) is 0 Å². The fourth-order valence-electron chi connectivity index (χ4n) is 2.91. The van der Waals surface area contributed by atoms with Gasteiger partial charge in [-0.25, -0.2) is 4.79 Å². The van der Waals surface area contributed by atoms with Crippen LogP contribution in [0.25, 0.3) is 0 Å². The lowest BCUT2D eigenvalue weighted by Crippen LogP contribution is -2.39. The van der Waals surface area contributed by atoms with Crippen molar-refractivity contribution in [1.82, 2.24) is 14.7 Å². The van der Waals surface area contributed by atoms with Crippen LogP contribution < -0.4 is 0 Å². The van der Waals surface area contributed by atoms with Crippen LogP contribution in [-0.2, 0) is 20.0 Å². The summed E-state index contributed by atoms with van der Waals surface area (Å²) in [6, 6.07) is 0.616. The van der Waals surface area contributed by atoms with E-state index >= 15 is 0 Å². The quantitative estimate of drug-likeness (QED) is 0.865. The molecule has 0 amide bonds. The topological polar surface area (TPSA) is 58.4 Å². The van der Waals surface area contributed by atoms with Gasteiger partial charge in [-0.2, -0.15) is 16.9 Å². The van der Waals surface area contributed by atoms with Crippen LogP contribution in [0.3, 0.4) is 0 Å². The van der Waals surface area contributed by atoms with E-state index in [9.17, 15) is 9.90 Å². The van der Waals surface area contributed by atoms with Gasteiger partial charge in [0.15, 0.2) is 5.69 Å². The van der Waals surface area contributed by atoms with Gasteiger partial charge in [-0.1, -0.05) is 0 Å². The first kappa shape index (κ1) is 12.0. The molecule has 1 N–H and O–H groups in total. The zero-order valence-corrected chi connectivity index (χ0v) is 11.2. The number of thioether (sulfide) groups is 1. The summed E-state index contributed by atoms with van der Waals surface area (Å²) in [4.78, 5) is 13.6. The highest BCUT2D eigenvalue weighted by atomic mass is 32.2. The van der Waals surface area contributed by atoms with Crippen molar-refractivity contribution in [2.24, 2.45) is 7.05 Å². The van der Waals surface area contributed by atoms with Crippen molar-refractivity contribution in [1.29, 1.82) is 0 Å². The summed E-state index contributed by atoms with van der Waals surface area (Å²) < 4.78 is 1.74. The van der Waals surface area contributed by atoms with Crippen LogP contribution in [-0.4, -0.2) is 49.8 Å². The van der Waals surface area contributed by atoms with Crippen LogP contribution in [0.1, 0.15) is 28.2 Å². The third kappa shape index (κ3) is 1.93. The maximum Gasteiger partial charge on any atom is 0.356 e. The smallest absolute Gasteiger partial charge is 0.356 e. The Balaban J connectivity index is 1.88. The molecule has 0 aromatic carbocycles. The molecule has 0 saturated carbocycles. The zero-order valence-electron chi connectivity index (χ0n) is 10.4. The van der Waals surface area contributed by atoms with Gasteiger partial charge in [-0.3, -0.25) is 9.58 Å². The van der Waals surface area contributed by atoms with E-state index in [4.69, 9.17) is 0 Å². The maximum absolute atomic E-state index is 11.2. The number of aromatic carboxylic acids is 1. The van der Waals surface area contributed by atoms with Gasteiger partial charge in [0.25, 0.3) is 0 Å². The van der Waals surface area contributed by atoms with Gasteiger partial charge in [0.2, 0.25) is 0 Å². The fourth-order valence-corrected chi connectivity index (χ4v) is 4.16. The van der Waals surface area contributed by atoms with Gasteiger partial charge in [0.1, 0.15) is 0 Å². The second-order valence-electron chi connectivity index (χ2n) is 4.94. The third-order valence-corrected chi connectivity index (χ3v) is 5.04. The van der Waals surface area contributed by atoms with Crippen molar-refractivity contribution in [2.45, 2.75) is 25.4 Å².